The Kier molecular flexibility index (Phi) is 7.70. The number of halogens is 3. The molecule has 0 radical (unpaired) electrons. The van der Waals surface area contributed by atoms with Gasteiger partial charge in [-0.1, -0.05) is 13.8 Å². The molecule has 116 valence electrons. The maximum atomic E-state index is 13.6. The summed E-state index contributed by atoms with van der Waals surface area (Å²) in [5, 5.41) is -1.29. The summed E-state index contributed by atoms with van der Waals surface area (Å²) in [5.74, 6) is -1.02. The van der Waals surface area contributed by atoms with Crippen LogP contribution in [0.25, 0.3) is 0 Å². The van der Waals surface area contributed by atoms with E-state index in [9.17, 15) is 14.0 Å². The average molecular weight is 398 g/mol. The Hall–Kier alpha value is -0.590. The van der Waals surface area contributed by atoms with Gasteiger partial charge in [-0.3, -0.25) is 9.59 Å². The Morgan fingerprint density at radius 1 is 1.43 bits per heavy atom. The summed E-state index contributed by atoms with van der Waals surface area (Å²) >= 11 is 9.78. The first-order valence-corrected chi connectivity index (χ1v) is 8.47. The van der Waals surface area contributed by atoms with Gasteiger partial charge in [0.2, 0.25) is 0 Å². The second-order valence-electron chi connectivity index (χ2n) is 4.22. The van der Waals surface area contributed by atoms with Crippen LogP contribution in [0, 0.1) is 5.82 Å². The van der Waals surface area contributed by atoms with E-state index in [1.54, 1.807) is 0 Å². The van der Waals surface area contributed by atoms with Gasteiger partial charge in [-0.05, 0) is 52.5 Å². The largest absolute Gasteiger partial charge is 0.465 e. The summed E-state index contributed by atoms with van der Waals surface area (Å²) in [5.41, 5.74) is -0.209. The van der Waals surface area contributed by atoms with Crippen molar-refractivity contribution in [3.05, 3.63) is 28.0 Å². The fourth-order valence-corrected chi connectivity index (χ4v) is 3.25. The Labute approximate surface area is 140 Å². The second-order valence-corrected chi connectivity index (χ2v) is 6.66. The summed E-state index contributed by atoms with van der Waals surface area (Å²) < 4.78 is 19.2. The van der Waals surface area contributed by atoms with Crippen molar-refractivity contribution in [2.45, 2.75) is 36.8 Å². The molecule has 21 heavy (non-hydrogen) atoms. The van der Waals surface area contributed by atoms with Gasteiger partial charge in [-0.2, -0.15) is 0 Å². The van der Waals surface area contributed by atoms with Crippen molar-refractivity contribution in [3.8, 4) is 0 Å². The molecule has 0 amide bonds. The zero-order valence-corrected chi connectivity index (χ0v) is 14.8. The van der Waals surface area contributed by atoms with E-state index in [0.717, 1.165) is 6.42 Å². The normalized spacial score (nSPS) is 12.0. The average Bonchev–Trinajstić information content (AvgIpc) is 2.43. The van der Waals surface area contributed by atoms with Gasteiger partial charge < -0.3 is 4.74 Å². The van der Waals surface area contributed by atoms with E-state index in [1.807, 2.05) is 13.8 Å². The van der Waals surface area contributed by atoms with Crippen LogP contribution in [0.4, 0.5) is 4.39 Å². The fourth-order valence-electron chi connectivity index (χ4n) is 1.52. The van der Waals surface area contributed by atoms with Crippen molar-refractivity contribution < 1.29 is 18.7 Å². The van der Waals surface area contributed by atoms with E-state index in [-0.39, 0.29) is 11.5 Å². The van der Waals surface area contributed by atoms with Crippen molar-refractivity contribution >= 4 is 50.5 Å². The molecule has 3 nitrogen and oxygen atoms in total. The highest BCUT2D eigenvalue weighted by molar-refractivity contribution is 9.10. The van der Waals surface area contributed by atoms with E-state index in [4.69, 9.17) is 16.3 Å². The molecular formula is C14H15BrClFO3S. The lowest BCUT2D eigenvalue weighted by atomic mass is 10.2. The number of rotatable bonds is 7. The number of hydrogen-bond donors (Lipinski definition) is 0. The van der Waals surface area contributed by atoms with E-state index in [2.05, 4.69) is 15.9 Å². The quantitative estimate of drug-likeness (QED) is 0.377. The summed E-state index contributed by atoms with van der Waals surface area (Å²) in [4.78, 5) is 23.6. The van der Waals surface area contributed by atoms with Crippen molar-refractivity contribution in [1.29, 1.82) is 0 Å². The summed E-state index contributed by atoms with van der Waals surface area (Å²) in [6.45, 7) is 4.14. The van der Waals surface area contributed by atoms with Gasteiger partial charge in [0, 0.05) is 9.37 Å². The third kappa shape index (κ3) is 5.27. The van der Waals surface area contributed by atoms with Crippen LogP contribution in [-0.4, -0.2) is 23.1 Å². The van der Waals surface area contributed by atoms with Crippen molar-refractivity contribution in [2.24, 2.45) is 0 Å². The molecule has 0 saturated heterocycles. The molecular weight excluding hydrogens is 383 g/mol. The van der Waals surface area contributed by atoms with Crippen LogP contribution < -0.4 is 0 Å². The zero-order valence-electron chi connectivity index (χ0n) is 11.6. The predicted molar refractivity (Wildman–Crippen MR) is 85.5 cm³/mol. The van der Waals surface area contributed by atoms with Crippen LogP contribution in [0.3, 0.4) is 0 Å². The lowest BCUT2D eigenvalue weighted by molar-refractivity contribution is -0.143. The second kappa shape index (κ2) is 8.76. The molecule has 0 spiro atoms. The summed E-state index contributed by atoms with van der Waals surface area (Å²) in [7, 11) is 0. The van der Waals surface area contributed by atoms with Crippen LogP contribution >= 0.6 is 39.3 Å². The monoisotopic (exact) mass is 396 g/mol. The van der Waals surface area contributed by atoms with E-state index >= 15 is 0 Å². The van der Waals surface area contributed by atoms with Crippen molar-refractivity contribution in [3.63, 3.8) is 0 Å². The molecule has 1 aromatic carbocycles. The van der Waals surface area contributed by atoms with E-state index < -0.39 is 16.3 Å². The van der Waals surface area contributed by atoms with Crippen LogP contribution in [0.2, 0.25) is 0 Å². The Morgan fingerprint density at radius 3 is 2.62 bits per heavy atom. The molecule has 0 bridgehead atoms. The zero-order chi connectivity index (χ0) is 16.0. The van der Waals surface area contributed by atoms with Gasteiger partial charge in [0.15, 0.2) is 0 Å². The molecule has 0 N–H and O–H groups in total. The molecule has 0 fully saturated rings. The highest BCUT2D eigenvalue weighted by Crippen LogP contribution is 2.34. The molecule has 0 aliphatic rings. The number of thioether (sulfide) groups is 1. The first kappa shape index (κ1) is 18.5. The molecule has 0 aliphatic heterocycles. The SMILES string of the molecule is CCCOC(=O)C(CC)Sc1cc(C(=O)Cl)c(F)cc1Br. The minimum atomic E-state index is -0.872. The van der Waals surface area contributed by atoms with Crippen LogP contribution in [0.15, 0.2) is 21.5 Å². The Balaban J connectivity index is 2.96. The van der Waals surface area contributed by atoms with Crippen LogP contribution in [0.1, 0.15) is 37.0 Å². The lowest BCUT2D eigenvalue weighted by Crippen LogP contribution is -2.20. The van der Waals surface area contributed by atoms with Gasteiger partial charge in [0.1, 0.15) is 11.1 Å². The number of benzene rings is 1. The van der Waals surface area contributed by atoms with Gasteiger partial charge >= 0.3 is 5.97 Å². The molecule has 1 rings (SSSR count). The van der Waals surface area contributed by atoms with Crippen molar-refractivity contribution in [2.75, 3.05) is 6.61 Å². The number of esters is 1. The Bertz CT molecular complexity index is 539. The van der Waals surface area contributed by atoms with Crippen LogP contribution in [0.5, 0.6) is 0 Å². The third-order valence-corrected chi connectivity index (χ3v) is 5.11. The number of ether oxygens (including phenoxy) is 1. The smallest absolute Gasteiger partial charge is 0.319 e. The number of carbonyl (C=O) groups is 2. The molecule has 0 saturated carbocycles. The van der Waals surface area contributed by atoms with E-state index in [1.165, 1.54) is 23.9 Å². The van der Waals surface area contributed by atoms with Crippen LogP contribution in [-0.2, 0) is 9.53 Å². The topological polar surface area (TPSA) is 43.4 Å². The third-order valence-electron chi connectivity index (χ3n) is 2.58. The molecule has 1 unspecified atom stereocenters. The highest BCUT2D eigenvalue weighted by atomic mass is 79.9. The number of carbonyl (C=O) groups excluding carboxylic acids is 2. The standard InChI is InChI=1S/C14H15BrClFO3S/c1-3-5-20-14(19)11(4-2)21-12-6-8(13(16)18)10(17)7-9(12)15/h6-7,11H,3-5H2,1-2H3. The molecule has 1 atom stereocenters. The molecule has 0 heterocycles. The molecule has 0 aliphatic carbocycles. The maximum absolute atomic E-state index is 13.6. The Morgan fingerprint density at radius 2 is 2.10 bits per heavy atom. The van der Waals surface area contributed by atoms with Gasteiger partial charge in [0.25, 0.3) is 5.24 Å². The van der Waals surface area contributed by atoms with Crippen molar-refractivity contribution in [1.82, 2.24) is 0 Å². The van der Waals surface area contributed by atoms with E-state index in [0.29, 0.717) is 22.4 Å². The molecule has 1 aromatic rings. The minimum Gasteiger partial charge on any atom is -0.465 e. The first-order chi connectivity index (χ1) is 9.90. The summed E-state index contributed by atoms with van der Waals surface area (Å²) in [6.07, 6.45) is 1.30. The molecule has 0 aromatic heterocycles. The minimum absolute atomic E-state index is 0.209. The highest BCUT2D eigenvalue weighted by Gasteiger charge is 2.22. The first-order valence-electron chi connectivity index (χ1n) is 6.42. The summed E-state index contributed by atoms with van der Waals surface area (Å²) in [6, 6.07) is 2.51. The van der Waals surface area contributed by atoms with Gasteiger partial charge in [-0.25, -0.2) is 4.39 Å². The molecule has 7 heteroatoms. The van der Waals surface area contributed by atoms with Gasteiger partial charge in [0.05, 0.1) is 12.2 Å². The predicted octanol–water partition coefficient (Wildman–Crippen LogP) is 4.79. The lowest BCUT2D eigenvalue weighted by Gasteiger charge is -2.15. The maximum Gasteiger partial charge on any atom is 0.319 e. The fraction of sp³-hybridized carbons (Fsp3) is 0.429. The van der Waals surface area contributed by atoms with Gasteiger partial charge in [-0.15, -0.1) is 11.8 Å². The number of hydrogen-bond acceptors (Lipinski definition) is 4.